The molecule has 0 fully saturated rings. The number of nitrogens with zero attached hydrogens (tertiary/aromatic N) is 1. The molecule has 0 aliphatic carbocycles. The minimum Gasteiger partial charge on any atom is -0.328 e. The molecule has 3 N–H and O–H groups in total. The zero-order valence-corrected chi connectivity index (χ0v) is 11.0. The molecule has 2 rings (SSSR count). The van der Waals surface area contributed by atoms with Crippen molar-refractivity contribution in [2.24, 2.45) is 5.73 Å². The highest BCUT2D eigenvalue weighted by molar-refractivity contribution is 9.10. The van der Waals surface area contributed by atoms with Crippen molar-refractivity contribution < 1.29 is 4.39 Å². The summed E-state index contributed by atoms with van der Waals surface area (Å²) in [4.78, 5) is 0. The first kappa shape index (κ1) is 12.3. The van der Waals surface area contributed by atoms with E-state index < -0.39 is 0 Å². The lowest BCUT2D eigenvalue weighted by Crippen LogP contribution is -2.17. The van der Waals surface area contributed by atoms with Gasteiger partial charge in [0.05, 0.1) is 10.2 Å². The summed E-state index contributed by atoms with van der Waals surface area (Å²) in [5, 5.41) is 7.12. The van der Waals surface area contributed by atoms with E-state index in [0.717, 1.165) is 23.4 Å². The van der Waals surface area contributed by atoms with Gasteiger partial charge >= 0.3 is 0 Å². The maximum absolute atomic E-state index is 13.1. The second-order valence-corrected chi connectivity index (χ2v) is 4.94. The summed E-state index contributed by atoms with van der Waals surface area (Å²) in [6, 6.07) is 6.85. The Kier molecular flexibility index (Phi) is 3.59. The lowest BCUT2D eigenvalue weighted by Gasteiger charge is -2.00. The lowest BCUT2D eigenvalue weighted by molar-refractivity contribution is 0.621. The predicted molar refractivity (Wildman–Crippen MR) is 69.0 cm³/mol. The molecular formula is C12H13BrFN3. The van der Waals surface area contributed by atoms with E-state index in [4.69, 9.17) is 5.73 Å². The first-order valence-electron chi connectivity index (χ1n) is 5.31. The number of nitrogens with one attached hydrogen (secondary N) is 1. The van der Waals surface area contributed by atoms with E-state index in [1.54, 1.807) is 12.1 Å². The summed E-state index contributed by atoms with van der Waals surface area (Å²) < 4.78 is 13.5. The first-order valence-corrected chi connectivity index (χ1v) is 6.11. The topological polar surface area (TPSA) is 54.7 Å². The Bertz CT molecular complexity index is 522. The van der Waals surface area contributed by atoms with Crippen LogP contribution in [0.15, 0.2) is 28.7 Å². The average molecular weight is 298 g/mol. The molecule has 0 amide bonds. The first-order chi connectivity index (χ1) is 8.06. The van der Waals surface area contributed by atoms with E-state index in [0.29, 0.717) is 4.47 Å². The number of hydrogen-bond donors (Lipinski definition) is 2. The quantitative estimate of drug-likeness (QED) is 0.915. The van der Waals surface area contributed by atoms with Crippen LogP contribution in [0.5, 0.6) is 0 Å². The van der Waals surface area contributed by atoms with Gasteiger partial charge in [0.25, 0.3) is 0 Å². The molecule has 1 unspecified atom stereocenters. The van der Waals surface area contributed by atoms with Crippen LogP contribution in [0.25, 0.3) is 11.3 Å². The van der Waals surface area contributed by atoms with Crippen LogP contribution < -0.4 is 5.73 Å². The largest absolute Gasteiger partial charge is 0.328 e. The van der Waals surface area contributed by atoms with Crippen LogP contribution >= 0.6 is 15.9 Å². The van der Waals surface area contributed by atoms with Crippen molar-refractivity contribution in [2.75, 3.05) is 0 Å². The molecule has 5 heteroatoms. The van der Waals surface area contributed by atoms with E-state index in [9.17, 15) is 4.39 Å². The Morgan fingerprint density at radius 3 is 2.88 bits per heavy atom. The Labute approximate surface area is 107 Å². The van der Waals surface area contributed by atoms with Crippen LogP contribution in [0.1, 0.15) is 12.6 Å². The van der Waals surface area contributed by atoms with Crippen molar-refractivity contribution in [1.82, 2.24) is 10.2 Å². The van der Waals surface area contributed by atoms with E-state index in [1.165, 1.54) is 6.07 Å². The van der Waals surface area contributed by atoms with Gasteiger partial charge in [0.1, 0.15) is 5.82 Å². The van der Waals surface area contributed by atoms with Crippen molar-refractivity contribution in [3.63, 3.8) is 0 Å². The fourth-order valence-electron chi connectivity index (χ4n) is 1.62. The van der Waals surface area contributed by atoms with E-state index in [1.807, 2.05) is 13.0 Å². The van der Waals surface area contributed by atoms with Gasteiger partial charge < -0.3 is 5.73 Å². The highest BCUT2D eigenvalue weighted by Crippen LogP contribution is 2.24. The number of nitrogens with two attached hydrogens (primary N) is 1. The highest BCUT2D eigenvalue weighted by atomic mass is 79.9. The SMILES string of the molecule is CC(N)Cc1cc(-c2ccc(F)c(Br)c2)n[nH]1. The van der Waals surface area contributed by atoms with Crippen LogP contribution in [0.3, 0.4) is 0 Å². The van der Waals surface area contributed by atoms with Crippen molar-refractivity contribution in [3.8, 4) is 11.3 Å². The average Bonchev–Trinajstić information content (AvgIpc) is 2.69. The van der Waals surface area contributed by atoms with Crippen LogP contribution in [0.2, 0.25) is 0 Å². The standard InChI is InChI=1S/C12H13BrFN3/c1-7(15)4-9-6-12(17-16-9)8-2-3-11(14)10(13)5-8/h2-3,5-7H,4,15H2,1H3,(H,16,17). The monoisotopic (exact) mass is 297 g/mol. The second kappa shape index (κ2) is 4.98. The Morgan fingerprint density at radius 1 is 1.47 bits per heavy atom. The smallest absolute Gasteiger partial charge is 0.137 e. The van der Waals surface area contributed by atoms with Crippen LogP contribution in [-0.2, 0) is 6.42 Å². The van der Waals surface area contributed by atoms with E-state index in [-0.39, 0.29) is 11.9 Å². The Balaban J connectivity index is 2.27. The van der Waals surface area contributed by atoms with Gasteiger partial charge in [0.2, 0.25) is 0 Å². The molecule has 0 spiro atoms. The summed E-state index contributed by atoms with van der Waals surface area (Å²) in [6.07, 6.45) is 0.745. The number of halogens is 2. The van der Waals surface area contributed by atoms with Gasteiger partial charge in [-0.15, -0.1) is 0 Å². The van der Waals surface area contributed by atoms with E-state index >= 15 is 0 Å². The summed E-state index contributed by atoms with van der Waals surface area (Å²) in [6.45, 7) is 1.94. The highest BCUT2D eigenvalue weighted by Gasteiger charge is 2.07. The molecule has 0 radical (unpaired) electrons. The third-order valence-corrected chi connectivity index (χ3v) is 3.00. The third-order valence-electron chi connectivity index (χ3n) is 2.39. The molecule has 0 aliphatic rings. The van der Waals surface area contributed by atoms with Crippen LogP contribution in [-0.4, -0.2) is 16.2 Å². The number of benzene rings is 1. The van der Waals surface area contributed by atoms with Crippen molar-refractivity contribution in [1.29, 1.82) is 0 Å². The number of hydrogen-bond acceptors (Lipinski definition) is 2. The number of aromatic nitrogens is 2. The number of aromatic amines is 1. The molecule has 0 saturated heterocycles. The fraction of sp³-hybridized carbons (Fsp3) is 0.250. The Hall–Kier alpha value is -1.20. The molecule has 1 atom stereocenters. The van der Waals surface area contributed by atoms with Crippen LogP contribution in [0, 0.1) is 5.82 Å². The summed E-state index contributed by atoms with van der Waals surface area (Å²) in [5.74, 6) is -0.278. The van der Waals surface area contributed by atoms with Crippen LogP contribution in [0.4, 0.5) is 4.39 Å². The van der Waals surface area contributed by atoms with Gasteiger partial charge in [-0.3, -0.25) is 5.10 Å². The predicted octanol–water partition coefficient (Wildman–Crippen LogP) is 2.87. The minimum absolute atomic E-state index is 0.0863. The van der Waals surface area contributed by atoms with Crippen molar-refractivity contribution >= 4 is 15.9 Å². The van der Waals surface area contributed by atoms with Gasteiger partial charge in [-0.25, -0.2) is 4.39 Å². The molecule has 1 heterocycles. The summed E-state index contributed by atoms with van der Waals surface area (Å²) >= 11 is 3.16. The molecule has 17 heavy (non-hydrogen) atoms. The molecule has 1 aromatic carbocycles. The zero-order valence-electron chi connectivity index (χ0n) is 9.37. The minimum atomic E-state index is -0.278. The molecule has 0 bridgehead atoms. The van der Waals surface area contributed by atoms with Gasteiger partial charge in [0, 0.05) is 23.7 Å². The molecule has 90 valence electrons. The lowest BCUT2D eigenvalue weighted by atomic mass is 10.1. The summed E-state index contributed by atoms with van der Waals surface area (Å²) in [7, 11) is 0. The Morgan fingerprint density at radius 2 is 2.24 bits per heavy atom. The fourth-order valence-corrected chi connectivity index (χ4v) is 2.00. The number of H-pyrrole nitrogens is 1. The summed E-state index contributed by atoms with van der Waals surface area (Å²) in [5.41, 5.74) is 8.35. The molecule has 2 aromatic rings. The van der Waals surface area contributed by atoms with Crippen molar-refractivity contribution in [2.45, 2.75) is 19.4 Å². The molecule has 0 saturated carbocycles. The molecule has 3 nitrogen and oxygen atoms in total. The maximum Gasteiger partial charge on any atom is 0.137 e. The normalized spacial score (nSPS) is 12.7. The maximum atomic E-state index is 13.1. The molecular weight excluding hydrogens is 285 g/mol. The number of rotatable bonds is 3. The van der Waals surface area contributed by atoms with Crippen molar-refractivity contribution in [3.05, 3.63) is 40.2 Å². The van der Waals surface area contributed by atoms with Gasteiger partial charge in [0.15, 0.2) is 0 Å². The van der Waals surface area contributed by atoms with Gasteiger partial charge in [-0.1, -0.05) is 0 Å². The zero-order chi connectivity index (χ0) is 12.4. The second-order valence-electron chi connectivity index (χ2n) is 4.09. The molecule has 1 aromatic heterocycles. The van der Waals surface area contributed by atoms with Gasteiger partial charge in [-0.2, -0.15) is 5.10 Å². The third kappa shape index (κ3) is 2.92. The van der Waals surface area contributed by atoms with E-state index in [2.05, 4.69) is 26.1 Å². The van der Waals surface area contributed by atoms with Gasteiger partial charge in [-0.05, 0) is 47.1 Å². The molecule has 0 aliphatic heterocycles.